The fourth-order valence-electron chi connectivity index (χ4n) is 1.83. The van der Waals surface area contributed by atoms with E-state index in [1.54, 1.807) is 6.07 Å². The molecule has 0 unspecified atom stereocenters. The fraction of sp³-hybridized carbons (Fsp3) is 0.154. The molecule has 2 rings (SSSR count). The van der Waals surface area contributed by atoms with Gasteiger partial charge < -0.3 is 11.6 Å². The Morgan fingerprint density at radius 1 is 1.28 bits per heavy atom. The second-order valence-corrected chi connectivity index (χ2v) is 5.12. The summed E-state index contributed by atoms with van der Waals surface area (Å²) in [6, 6.07) is 9.56. The molecule has 0 aliphatic heterocycles. The third-order valence-corrected chi connectivity index (χ3v) is 3.42. The van der Waals surface area contributed by atoms with Crippen LogP contribution in [0.15, 0.2) is 39.6 Å². The van der Waals surface area contributed by atoms with E-state index in [0.29, 0.717) is 12.0 Å². The summed E-state index contributed by atoms with van der Waals surface area (Å²) in [5.74, 6) is 5.88. The summed E-state index contributed by atoms with van der Waals surface area (Å²) in [7, 11) is 0. The van der Waals surface area contributed by atoms with E-state index in [0.717, 1.165) is 20.3 Å². The molecule has 0 saturated heterocycles. The molecule has 1 aromatic carbocycles. The van der Waals surface area contributed by atoms with Crippen LogP contribution >= 0.6 is 15.9 Å². The maximum Gasteiger partial charge on any atom is 0.274 e. The van der Waals surface area contributed by atoms with Crippen molar-refractivity contribution in [2.24, 2.45) is 0 Å². The van der Waals surface area contributed by atoms with Crippen molar-refractivity contribution in [3.8, 4) is 0 Å². The molecule has 18 heavy (non-hydrogen) atoms. The van der Waals surface area contributed by atoms with Crippen molar-refractivity contribution in [2.75, 3.05) is 11.6 Å². The van der Waals surface area contributed by atoms with Crippen molar-refractivity contribution in [2.45, 2.75) is 13.3 Å². The lowest BCUT2D eigenvalue weighted by atomic mass is 10.0. The van der Waals surface area contributed by atoms with Gasteiger partial charge in [-0.3, -0.25) is 4.79 Å². The number of halogens is 1. The zero-order valence-corrected chi connectivity index (χ0v) is 11.6. The molecule has 0 spiro atoms. The summed E-state index contributed by atoms with van der Waals surface area (Å²) in [5.41, 5.74) is 7.99. The van der Waals surface area contributed by atoms with Crippen LogP contribution in [0.25, 0.3) is 0 Å². The molecule has 0 saturated carbocycles. The van der Waals surface area contributed by atoms with Gasteiger partial charge in [0.05, 0.1) is 0 Å². The van der Waals surface area contributed by atoms with Crippen molar-refractivity contribution >= 4 is 21.7 Å². The highest BCUT2D eigenvalue weighted by atomic mass is 79.9. The molecule has 0 amide bonds. The first kappa shape index (κ1) is 12.7. The van der Waals surface area contributed by atoms with Crippen LogP contribution in [-0.2, 0) is 6.42 Å². The number of benzene rings is 1. The van der Waals surface area contributed by atoms with Gasteiger partial charge in [-0.2, -0.15) is 0 Å². The Balaban J connectivity index is 2.44. The smallest absolute Gasteiger partial charge is 0.274 e. The number of aromatic nitrogens is 1. The Hall–Kier alpha value is -1.75. The molecule has 4 nitrogen and oxygen atoms in total. The van der Waals surface area contributed by atoms with Crippen LogP contribution in [0.4, 0.5) is 5.82 Å². The summed E-state index contributed by atoms with van der Waals surface area (Å²) < 4.78 is 2.00. The monoisotopic (exact) mass is 307 g/mol. The van der Waals surface area contributed by atoms with Gasteiger partial charge in [-0.25, -0.2) is 4.68 Å². The lowest BCUT2D eigenvalue weighted by molar-refractivity contribution is 0.908. The molecule has 0 aliphatic carbocycles. The summed E-state index contributed by atoms with van der Waals surface area (Å²) in [4.78, 5) is 12.0. The van der Waals surface area contributed by atoms with Crippen molar-refractivity contribution in [1.82, 2.24) is 4.68 Å². The Kier molecular flexibility index (Phi) is 3.43. The summed E-state index contributed by atoms with van der Waals surface area (Å²) in [6.45, 7) is 1.87. The predicted octanol–water partition coefficient (Wildman–Crippen LogP) is 1.81. The highest BCUT2D eigenvalue weighted by Crippen LogP contribution is 2.15. The van der Waals surface area contributed by atoms with Crippen LogP contribution in [-0.4, -0.2) is 4.68 Å². The van der Waals surface area contributed by atoms with Crippen molar-refractivity contribution in [1.29, 1.82) is 0 Å². The van der Waals surface area contributed by atoms with Gasteiger partial charge in [-0.1, -0.05) is 28.1 Å². The van der Waals surface area contributed by atoms with Crippen LogP contribution in [0.5, 0.6) is 0 Å². The lowest BCUT2D eigenvalue weighted by Gasteiger charge is -2.10. The first-order chi connectivity index (χ1) is 8.49. The van der Waals surface area contributed by atoms with Crippen LogP contribution in [0, 0.1) is 6.92 Å². The SMILES string of the molecule is Cc1cc(N)n(N)c(=O)c1Cc1ccc(Br)cc1. The molecule has 0 radical (unpaired) electrons. The Labute approximate surface area is 113 Å². The Morgan fingerprint density at radius 2 is 1.89 bits per heavy atom. The van der Waals surface area contributed by atoms with Gasteiger partial charge in [0.1, 0.15) is 5.82 Å². The number of aryl methyl sites for hydroxylation is 1. The number of hydrogen-bond donors (Lipinski definition) is 2. The fourth-order valence-corrected chi connectivity index (χ4v) is 2.10. The molecule has 1 heterocycles. The normalized spacial score (nSPS) is 10.6. The topological polar surface area (TPSA) is 74.0 Å². The van der Waals surface area contributed by atoms with Crippen molar-refractivity contribution in [3.63, 3.8) is 0 Å². The largest absolute Gasteiger partial charge is 0.384 e. The molecule has 0 atom stereocenters. The molecule has 0 fully saturated rings. The Bertz CT molecular complexity index is 632. The minimum atomic E-state index is -0.240. The molecule has 1 aromatic heterocycles. The highest BCUT2D eigenvalue weighted by Gasteiger charge is 2.09. The number of rotatable bonds is 2. The summed E-state index contributed by atoms with van der Waals surface area (Å²) >= 11 is 3.38. The molecule has 0 bridgehead atoms. The number of nitrogens with zero attached hydrogens (tertiary/aromatic N) is 1. The predicted molar refractivity (Wildman–Crippen MR) is 76.9 cm³/mol. The molecular formula is C13H14BrN3O. The van der Waals surface area contributed by atoms with Crippen LogP contribution in [0.3, 0.4) is 0 Å². The molecule has 2 aromatic rings. The minimum absolute atomic E-state index is 0.240. The second kappa shape index (κ2) is 4.86. The molecule has 4 N–H and O–H groups in total. The number of anilines is 1. The molecule has 0 aliphatic rings. The Morgan fingerprint density at radius 3 is 2.50 bits per heavy atom. The maximum absolute atomic E-state index is 12.0. The standard InChI is InChI=1S/C13H14BrN3O/c1-8-6-12(15)17(16)13(18)11(8)7-9-2-4-10(14)5-3-9/h2-6H,7,15-16H2,1H3. The van der Waals surface area contributed by atoms with Gasteiger partial charge in [0, 0.05) is 16.5 Å². The molecular weight excluding hydrogens is 294 g/mol. The van der Waals surface area contributed by atoms with E-state index in [4.69, 9.17) is 11.6 Å². The number of nitrogens with two attached hydrogens (primary N) is 2. The number of pyridine rings is 1. The van der Waals surface area contributed by atoms with Crippen molar-refractivity contribution in [3.05, 3.63) is 61.8 Å². The first-order valence-electron chi connectivity index (χ1n) is 5.49. The van der Waals surface area contributed by atoms with Crippen molar-refractivity contribution < 1.29 is 0 Å². The second-order valence-electron chi connectivity index (χ2n) is 4.21. The van der Waals surface area contributed by atoms with Gasteiger partial charge in [0.2, 0.25) is 0 Å². The summed E-state index contributed by atoms with van der Waals surface area (Å²) in [5, 5.41) is 0. The van der Waals surface area contributed by atoms with Gasteiger partial charge in [-0.15, -0.1) is 0 Å². The zero-order valence-electron chi connectivity index (χ0n) is 9.98. The average molecular weight is 308 g/mol. The van der Waals surface area contributed by atoms with E-state index < -0.39 is 0 Å². The quantitative estimate of drug-likeness (QED) is 0.831. The van der Waals surface area contributed by atoms with E-state index in [1.165, 1.54) is 0 Å². The van der Waals surface area contributed by atoms with E-state index >= 15 is 0 Å². The number of nitrogen functional groups attached to an aromatic ring is 2. The third-order valence-electron chi connectivity index (χ3n) is 2.89. The van der Waals surface area contributed by atoms with Gasteiger partial charge in [0.15, 0.2) is 0 Å². The van der Waals surface area contributed by atoms with Gasteiger partial charge in [-0.05, 0) is 36.2 Å². The first-order valence-corrected chi connectivity index (χ1v) is 6.29. The van der Waals surface area contributed by atoms with E-state index in [1.807, 2.05) is 31.2 Å². The minimum Gasteiger partial charge on any atom is -0.384 e. The van der Waals surface area contributed by atoms with Crippen LogP contribution in [0.2, 0.25) is 0 Å². The van der Waals surface area contributed by atoms with E-state index in [-0.39, 0.29) is 11.4 Å². The van der Waals surface area contributed by atoms with Crippen LogP contribution in [0.1, 0.15) is 16.7 Å². The molecule has 5 heteroatoms. The third kappa shape index (κ3) is 2.41. The molecule has 94 valence electrons. The van der Waals surface area contributed by atoms with Gasteiger partial charge in [0.25, 0.3) is 5.56 Å². The highest BCUT2D eigenvalue weighted by molar-refractivity contribution is 9.10. The number of hydrogen-bond acceptors (Lipinski definition) is 3. The summed E-state index contributed by atoms with van der Waals surface area (Å²) in [6.07, 6.45) is 0.551. The lowest BCUT2D eigenvalue weighted by Crippen LogP contribution is -2.32. The van der Waals surface area contributed by atoms with Gasteiger partial charge >= 0.3 is 0 Å². The zero-order chi connectivity index (χ0) is 13.3. The average Bonchev–Trinajstić information content (AvgIpc) is 2.34. The van der Waals surface area contributed by atoms with E-state index in [9.17, 15) is 4.79 Å². The maximum atomic E-state index is 12.0. The van der Waals surface area contributed by atoms with Crippen LogP contribution < -0.4 is 17.1 Å². The van der Waals surface area contributed by atoms with E-state index in [2.05, 4.69) is 15.9 Å².